The van der Waals surface area contributed by atoms with Gasteiger partial charge in [-0.3, -0.25) is 4.79 Å². The molecule has 2 heterocycles. The summed E-state index contributed by atoms with van der Waals surface area (Å²) in [6.07, 6.45) is 2.47. The summed E-state index contributed by atoms with van der Waals surface area (Å²) >= 11 is 1.41. The summed E-state index contributed by atoms with van der Waals surface area (Å²) in [5.74, 6) is 0.959. The molecule has 0 radical (unpaired) electrons. The number of aryl methyl sites for hydroxylation is 1. The number of carbonyl (C=O) groups excluding carboxylic acids is 1. The monoisotopic (exact) mass is 249 g/mol. The molecule has 0 aromatic carbocycles. The fraction of sp³-hybridized carbons (Fsp3) is 0.385. The number of carbonyl (C=O) groups is 1. The third kappa shape index (κ3) is 2.31. The van der Waals surface area contributed by atoms with Gasteiger partial charge in [0.1, 0.15) is 0 Å². The van der Waals surface area contributed by atoms with Crippen LogP contribution in [0.2, 0.25) is 0 Å². The Morgan fingerprint density at radius 1 is 1.59 bits per heavy atom. The van der Waals surface area contributed by atoms with Gasteiger partial charge in [-0.05, 0) is 25.5 Å². The lowest BCUT2D eigenvalue weighted by molar-refractivity contribution is 0.0930. The van der Waals surface area contributed by atoms with E-state index in [1.54, 1.807) is 6.26 Å². The van der Waals surface area contributed by atoms with Crippen molar-refractivity contribution in [1.82, 2.24) is 4.98 Å². The van der Waals surface area contributed by atoms with E-state index in [0.717, 1.165) is 27.8 Å². The van der Waals surface area contributed by atoms with E-state index < -0.39 is 0 Å². The van der Waals surface area contributed by atoms with Crippen molar-refractivity contribution in [3.8, 4) is 10.8 Å². The number of Topliss-reactive ketones (excluding diaryl/α,β-unsaturated/α-hetero) is 1. The number of furan rings is 1. The smallest absolute Gasteiger partial charge is 0.177 e. The van der Waals surface area contributed by atoms with Crippen LogP contribution in [0.15, 0.2) is 22.8 Å². The molecule has 0 spiro atoms. The van der Waals surface area contributed by atoms with Crippen LogP contribution in [-0.4, -0.2) is 10.8 Å². The third-order valence-corrected chi connectivity index (χ3v) is 4.00. The molecule has 1 atom stereocenters. The van der Waals surface area contributed by atoms with Gasteiger partial charge >= 0.3 is 0 Å². The first-order valence-corrected chi connectivity index (χ1v) is 6.50. The predicted octanol–water partition coefficient (Wildman–Crippen LogP) is 3.94. The van der Waals surface area contributed by atoms with Gasteiger partial charge < -0.3 is 4.42 Å². The van der Waals surface area contributed by atoms with Gasteiger partial charge in [0.2, 0.25) is 0 Å². The molecule has 2 aromatic heterocycles. The van der Waals surface area contributed by atoms with Gasteiger partial charge in [0.15, 0.2) is 16.6 Å². The van der Waals surface area contributed by atoms with Crippen LogP contribution < -0.4 is 0 Å². The van der Waals surface area contributed by atoms with Crippen LogP contribution in [-0.2, 0) is 0 Å². The lowest BCUT2D eigenvalue weighted by atomic mass is 10.0. The van der Waals surface area contributed by atoms with Crippen molar-refractivity contribution in [1.29, 1.82) is 0 Å². The van der Waals surface area contributed by atoms with Gasteiger partial charge in [-0.25, -0.2) is 4.98 Å². The van der Waals surface area contributed by atoms with E-state index in [4.69, 9.17) is 4.42 Å². The van der Waals surface area contributed by atoms with E-state index in [9.17, 15) is 4.79 Å². The highest BCUT2D eigenvalue weighted by atomic mass is 32.1. The molecule has 4 heteroatoms. The molecular formula is C13H15NO2S. The molecule has 0 aliphatic carbocycles. The zero-order valence-electron chi connectivity index (χ0n) is 10.2. The molecule has 1 unspecified atom stereocenters. The lowest BCUT2D eigenvalue weighted by Gasteiger charge is -2.04. The van der Waals surface area contributed by atoms with Gasteiger partial charge in [-0.2, -0.15) is 0 Å². The topological polar surface area (TPSA) is 43.1 Å². The summed E-state index contributed by atoms with van der Waals surface area (Å²) in [5.41, 5.74) is 0.798. The molecule has 0 aliphatic rings. The maximum Gasteiger partial charge on any atom is 0.177 e. The van der Waals surface area contributed by atoms with Crippen molar-refractivity contribution in [3.05, 3.63) is 29.0 Å². The van der Waals surface area contributed by atoms with E-state index in [1.165, 1.54) is 11.3 Å². The quantitative estimate of drug-likeness (QED) is 0.771. The van der Waals surface area contributed by atoms with Crippen LogP contribution in [0, 0.1) is 12.8 Å². The summed E-state index contributed by atoms with van der Waals surface area (Å²) in [6, 6.07) is 3.68. The predicted molar refractivity (Wildman–Crippen MR) is 68.3 cm³/mol. The number of aromatic nitrogens is 1. The van der Waals surface area contributed by atoms with Crippen molar-refractivity contribution in [2.75, 3.05) is 0 Å². The minimum atomic E-state index is 0.0543. The third-order valence-electron chi connectivity index (χ3n) is 2.81. The van der Waals surface area contributed by atoms with Crippen LogP contribution >= 0.6 is 11.3 Å². The lowest BCUT2D eigenvalue weighted by Crippen LogP contribution is -2.09. The Labute approximate surface area is 104 Å². The van der Waals surface area contributed by atoms with E-state index >= 15 is 0 Å². The molecule has 2 aromatic rings. The molecule has 0 bridgehead atoms. The van der Waals surface area contributed by atoms with Crippen molar-refractivity contribution in [3.63, 3.8) is 0 Å². The summed E-state index contributed by atoms with van der Waals surface area (Å²) < 4.78 is 5.29. The molecule has 90 valence electrons. The number of thiazole rings is 1. The second-order valence-electron chi connectivity index (χ2n) is 4.08. The van der Waals surface area contributed by atoms with Crippen LogP contribution in [0.5, 0.6) is 0 Å². The molecule has 0 N–H and O–H groups in total. The number of rotatable bonds is 4. The second-order valence-corrected chi connectivity index (χ2v) is 5.08. The van der Waals surface area contributed by atoms with E-state index in [2.05, 4.69) is 4.98 Å². The summed E-state index contributed by atoms with van der Waals surface area (Å²) in [5, 5.41) is 0.777. The first-order valence-electron chi connectivity index (χ1n) is 5.69. The minimum Gasteiger partial charge on any atom is -0.462 e. The van der Waals surface area contributed by atoms with Crippen LogP contribution in [0.1, 0.15) is 35.6 Å². The largest absolute Gasteiger partial charge is 0.462 e. The molecule has 3 nitrogen and oxygen atoms in total. The molecule has 17 heavy (non-hydrogen) atoms. The van der Waals surface area contributed by atoms with Gasteiger partial charge in [-0.15, -0.1) is 11.3 Å². The summed E-state index contributed by atoms with van der Waals surface area (Å²) in [4.78, 5) is 17.3. The minimum absolute atomic E-state index is 0.0543. The Bertz CT molecular complexity index is 514. The van der Waals surface area contributed by atoms with E-state index in [0.29, 0.717) is 0 Å². The average molecular weight is 249 g/mol. The van der Waals surface area contributed by atoms with Crippen molar-refractivity contribution in [2.24, 2.45) is 5.92 Å². The maximum absolute atomic E-state index is 12.1. The average Bonchev–Trinajstić information content (AvgIpc) is 2.95. The first-order chi connectivity index (χ1) is 8.13. The normalized spacial score (nSPS) is 12.6. The Hall–Kier alpha value is -1.42. The number of hydrogen-bond donors (Lipinski definition) is 0. The van der Waals surface area contributed by atoms with Gasteiger partial charge in [0.05, 0.1) is 16.8 Å². The molecule has 0 saturated heterocycles. The second kappa shape index (κ2) is 4.84. The Morgan fingerprint density at radius 3 is 2.94 bits per heavy atom. The van der Waals surface area contributed by atoms with E-state index in [-0.39, 0.29) is 11.7 Å². The van der Waals surface area contributed by atoms with Crippen molar-refractivity contribution < 1.29 is 9.21 Å². The fourth-order valence-corrected chi connectivity index (χ4v) is 2.63. The SMILES string of the molecule is CCC(C)C(=O)c1sc(-c2ccco2)nc1C. The van der Waals surface area contributed by atoms with E-state index in [1.807, 2.05) is 32.9 Å². The van der Waals surface area contributed by atoms with Gasteiger partial charge in [0.25, 0.3) is 0 Å². The van der Waals surface area contributed by atoms with Crippen molar-refractivity contribution >= 4 is 17.1 Å². The number of nitrogens with zero attached hydrogens (tertiary/aromatic N) is 1. The molecule has 0 aliphatic heterocycles. The zero-order valence-corrected chi connectivity index (χ0v) is 11.0. The first kappa shape index (κ1) is 12.0. The highest BCUT2D eigenvalue weighted by Crippen LogP contribution is 2.30. The summed E-state index contributed by atoms with van der Waals surface area (Å²) in [7, 11) is 0. The molecule has 0 fully saturated rings. The fourth-order valence-electron chi connectivity index (χ4n) is 1.54. The molecule has 2 rings (SSSR count). The zero-order chi connectivity index (χ0) is 12.4. The molecule has 0 saturated carbocycles. The van der Waals surface area contributed by atoms with Crippen molar-refractivity contribution in [2.45, 2.75) is 27.2 Å². The Balaban J connectivity index is 2.34. The molecule has 0 amide bonds. The Morgan fingerprint density at radius 2 is 2.35 bits per heavy atom. The Kier molecular flexibility index (Phi) is 3.43. The summed E-state index contributed by atoms with van der Waals surface area (Å²) in [6.45, 7) is 5.85. The standard InChI is InChI=1S/C13H15NO2S/c1-4-8(2)11(15)12-9(3)14-13(17-12)10-6-5-7-16-10/h5-8H,4H2,1-3H3. The number of hydrogen-bond acceptors (Lipinski definition) is 4. The van der Waals surface area contributed by atoms with Crippen LogP contribution in [0.25, 0.3) is 10.8 Å². The highest BCUT2D eigenvalue weighted by molar-refractivity contribution is 7.17. The highest BCUT2D eigenvalue weighted by Gasteiger charge is 2.20. The van der Waals surface area contributed by atoms with Gasteiger partial charge in [-0.1, -0.05) is 13.8 Å². The number of ketones is 1. The maximum atomic E-state index is 12.1. The molecular weight excluding hydrogens is 234 g/mol. The van der Waals surface area contributed by atoms with Crippen LogP contribution in [0.4, 0.5) is 0 Å². The van der Waals surface area contributed by atoms with Gasteiger partial charge in [0, 0.05) is 5.92 Å². The van der Waals surface area contributed by atoms with Crippen LogP contribution in [0.3, 0.4) is 0 Å².